The van der Waals surface area contributed by atoms with Gasteiger partial charge in [0, 0.05) is 23.8 Å². The average molecular weight is 360 g/mol. The van der Waals surface area contributed by atoms with E-state index in [4.69, 9.17) is 5.73 Å². The van der Waals surface area contributed by atoms with Gasteiger partial charge in [-0.05, 0) is 26.8 Å². The standard InChI is InChI=1S/C17H21FN6O2/c1-17(2,3)21-16(26)23-4-5-24-12(9-23)13(15(19)25)14(22-24)10-6-11(18)8-20-7-10/h6-8H,4-5,9H2,1-3H3,(H2,19,25)(H,21,26). The first-order valence-electron chi connectivity index (χ1n) is 8.23. The van der Waals surface area contributed by atoms with Crippen molar-refractivity contribution in [2.75, 3.05) is 6.54 Å². The number of rotatable bonds is 2. The van der Waals surface area contributed by atoms with E-state index in [1.54, 1.807) is 9.58 Å². The van der Waals surface area contributed by atoms with Crippen molar-refractivity contribution in [1.82, 2.24) is 25.0 Å². The van der Waals surface area contributed by atoms with Gasteiger partial charge in [0.05, 0.1) is 30.5 Å². The first kappa shape index (κ1) is 17.8. The molecule has 2 aromatic rings. The molecular formula is C17H21FN6O2. The summed E-state index contributed by atoms with van der Waals surface area (Å²) in [7, 11) is 0. The third-order valence-corrected chi connectivity index (χ3v) is 3.97. The largest absolute Gasteiger partial charge is 0.365 e. The second-order valence-corrected chi connectivity index (χ2v) is 7.25. The summed E-state index contributed by atoms with van der Waals surface area (Å²) in [5, 5.41) is 7.30. The number of nitrogens with zero attached hydrogens (tertiary/aromatic N) is 4. The van der Waals surface area contributed by atoms with Crippen molar-refractivity contribution in [1.29, 1.82) is 0 Å². The van der Waals surface area contributed by atoms with Crippen molar-refractivity contribution in [2.24, 2.45) is 5.73 Å². The molecule has 0 fully saturated rings. The molecule has 0 spiro atoms. The van der Waals surface area contributed by atoms with E-state index >= 15 is 0 Å². The molecule has 0 saturated carbocycles. The van der Waals surface area contributed by atoms with Crippen LogP contribution in [-0.4, -0.2) is 43.7 Å². The molecule has 0 radical (unpaired) electrons. The minimum absolute atomic E-state index is 0.186. The number of primary amides is 1. The maximum atomic E-state index is 13.5. The number of nitrogens with two attached hydrogens (primary N) is 1. The summed E-state index contributed by atoms with van der Waals surface area (Å²) in [6.45, 7) is 6.72. The normalized spacial score (nSPS) is 14.1. The summed E-state index contributed by atoms with van der Waals surface area (Å²) in [6, 6.07) is 1.02. The predicted molar refractivity (Wildman–Crippen MR) is 92.6 cm³/mol. The van der Waals surface area contributed by atoms with E-state index in [2.05, 4.69) is 15.4 Å². The minimum Gasteiger partial charge on any atom is -0.365 e. The van der Waals surface area contributed by atoms with Crippen LogP contribution in [0.1, 0.15) is 36.8 Å². The fourth-order valence-corrected chi connectivity index (χ4v) is 2.89. The van der Waals surface area contributed by atoms with Gasteiger partial charge >= 0.3 is 6.03 Å². The second kappa shape index (κ2) is 6.40. The average Bonchev–Trinajstić information content (AvgIpc) is 2.91. The van der Waals surface area contributed by atoms with Crippen LogP contribution in [0.15, 0.2) is 18.5 Å². The highest BCUT2D eigenvalue weighted by Gasteiger charge is 2.30. The monoisotopic (exact) mass is 360 g/mol. The summed E-state index contributed by atoms with van der Waals surface area (Å²) in [4.78, 5) is 29.9. The highest BCUT2D eigenvalue weighted by Crippen LogP contribution is 2.28. The Morgan fingerprint density at radius 2 is 2.00 bits per heavy atom. The Balaban J connectivity index is 1.98. The molecule has 3 heterocycles. The molecule has 3 rings (SSSR count). The molecule has 0 saturated heterocycles. The zero-order valence-corrected chi connectivity index (χ0v) is 14.9. The van der Waals surface area contributed by atoms with Gasteiger partial charge in [0.15, 0.2) is 0 Å². The van der Waals surface area contributed by atoms with Crippen molar-refractivity contribution >= 4 is 11.9 Å². The fraction of sp³-hybridized carbons (Fsp3) is 0.412. The van der Waals surface area contributed by atoms with Crippen molar-refractivity contribution in [3.05, 3.63) is 35.5 Å². The van der Waals surface area contributed by atoms with E-state index in [0.29, 0.717) is 24.3 Å². The number of carbonyl (C=O) groups excluding carboxylic acids is 2. The lowest BCUT2D eigenvalue weighted by Gasteiger charge is -2.31. The molecule has 2 aromatic heterocycles. The number of nitrogens with one attached hydrogen (secondary N) is 1. The Morgan fingerprint density at radius 3 is 2.62 bits per heavy atom. The van der Waals surface area contributed by atoms with Gasteiger partial charge in [0.25, 0.3) is 5.91 Å². The Hall–Kier alpha value is -2.97. The first-order chi connectivity index (χ1) is 12.2. The maximum Gasteiger partial charge on any atom is 0.318 e. The van der Waals surface area contributed by atoms with Crippen LogP contribution in [0.2, 0.25) is 0 Å². The molecule has 3 N–H and O–H groups in total. The number of carbonyl (C=O) groups is 2. The van der Waals surface area contributed by atoms with Crippen LogP contribution in [0.5, 0.6) is 0 Å². The summed E-state index contributed by atoms with van der Waals surface area (Å²) in [5.41, 5.74) is 6.54. The first-order valence-corrected chi connectivity index (χ1v) is 8.23. The number of hydrogen-bond donors (Lipinski definition) is 2. The molecule has 3 amide bonds. The fourth-order valence-electron chi connectivity index (χ4n) is 2.89. The molecule has 8 nitrogen and oxygen atoms in total. The molecular weight excluding hydrogens is 339 g/mol. The van der Waals surface area contributed by atoms with E-state index in [-0.39, 0.29) is 29.4 Å². The molecule has 9 heteroatoms. The molecule has 0 bridgehead atoms. The number of pyridine rings is 1. The van der Waals surface area contributed by atoms with Gasteiger partial charge in [0.2, 0.25) is 0 Å². The smallest absolute Gasteiger partial charge is 0.318 e. The van der Waals surface area contributed by atoms with E-state index in [1.165, 1.54) is 12.3 Å². The van der Waals surface area contributed by atoms with Crippen molar-refractivity contribution in [2.45, 2.75) is 39.4 Å². The van der Waals surface area contributed by atoms with Gasteiger partial charge in [0.1, 0.15) is 11.5 Å². The Kier molecular flexibility index (Phi) is 4.39. The lowest BCUT2D eigenvalue weighted by Crippen LogP contribution is -2.50. The second-order valence-electron chi connectivity index (χ2n) is 7.25. The predicted octanol–water partition coefficient (Wildman–Crippen LogP) is 1.51. The lowest BCUT2D eigenvalue weighted by molar-refractivity contribution is 0.0997. The van der Waals surface area contributed by atoms with E-state index < -0.39 is 11.7 Å². The number of halogens is 1. The van der Waals surface area contributed by atoms with Crippen LogP contribution in [0.4, 0.5) is 9.18 Å². The van der Waals surface area contributed by atoms with Crippen LogP contribution >= 0.6 is 0 Å². The Morgan fingerprint density at radius 1 is 1.27 bits per heavy atom. The quantitative estimate of drug-likeness (QED) is 0.846. The topological polar surface area (TPSA) is 106 Å². The Bertz CT molecular complexity index is 871. The minimum atomic E-state index is -0.677. The van der Waals surface area contributed by atoms with Gasteiger partial charge in [-0.25, -0.2) is 9.18 Å². The Labute approximate surface area is 150 Å². The van der Waals surface area contributed by atoms with Crippen molar-refractivity contribution < 1.29 is 14.0 Å². The van der Waals surface area contributed by atoms with Crippen LogP contribution in [0, 0.1) is 5.82 Å². The van der Waals surface area contributed by atoms with Crippen LogP contribution in [0.25, 0.3) is 11.3 Å². The van der Waals surface area contributed by atoms with Gasteiger partial charge in [-0.2, -0.15) is 5.10 Å². The van der Waals surface area contributed by atoms with Crippen LogP contribution < -0.4 is 11.1 Å². The zero-order valence-electron chi connectivity index (χ0n) is 14.9. The van der Waals surface area contributed by atoms with Crippen LogP contribution in [-0.2, 0) is 13.1 Å². The van der Waals surface area contributed by atoms with E-state index in [1.807, 2.05) is 20.8 Å². The van der Waals surface area contributed by atoms with Crippen molar-refractivity contribution in [3.8, 4) is 11.3 Å². The molecule has 0 unspecified atom stereocenters. The highest BCUT2D eigenvalue weighted by molar-refractivity contribution is 6.00. The van der Waals surface area contributed by atoms with E-state index in [9.17, 15) is 14.0 Å². The highest BCUT2D eigenvalue weighted by atomic mass is 19.1. The molecule has 138 valence electrons. The molecule has 1 aliphatic rings. The third kappa shape index (κ3) is 3.51. The molecule has 26 heavy (non-hydrogen) atoms. The number of amides is 3. The lowest BCUT2D eigenvalue weighted by atomic mass is 10.1. The summed E-state index contributed by atoms with van der Waals surface area (Å²) in [5.74, 6) is -1.21. The van der Waals surface area contributed by atoms with Crippen LogP contribution in [0.3, 0.4) is 0 Å². The molecule has 0 atom stereocenters. The van der Waals surface area contributed by atoms with Crippen molar-refractivity contribution in [3.63, 3.8) is 0 Å². The van der Waals surface area contributed by atoms with Gasteiger partial charge in [-0.3, -0.25) is 14.5 Å². The molecule has 1 aliphatic heterocycles. The number of aromatic nitrogens is 3. The third-order valence-electron chi connectivity index (χ3n) is 3.97. The van der Waals surface area contributed by atoms with Gasteiger partial charge in [-0.15, -0.1) is 0 Å². The maximum absolute atomic E-state index is 13.5. The summed E-state index contributed by atoms with van der Waals surface area (Å²) >= 11 is 0. The molecule has 0 aromatic carbocycles. The molecule has 0 aliphatic carbocycles. The number of hydrogen-bond acceptors (Lipinski definition) is 4. The SMILES string of the molecule is CC(C)(C)NC(=O)N1CCn2nc(-c3cncc(F)c3)c(C(N)=O)c2C1. The summed E-state index contributed by atoms with van der Waals surface area (Å²) < 4.78 is 15.2. The van der Waals surface area contributed by atoms with E-state index in [0.717, 1.165) is 6.20 Å². The zero-order chi connectivity index (χ0) is 19.1. The number of urea groups is 1. The summed E-state index contributed by atoms with van der Waals surface area (Å²) in [6.07, 6.45) is 2.50. The number of fused-ring (bicyclic) bond motifs is 1. The van der Waals surface area contributed by atoms with Gasteiger partial charge < -0.3 is 16.0 Å². The van der Waals surface area contributed by atoms with Gasteiger partial charge in [-0.1, -0.05) is 0 Å².